The van der Waals surface area contributed by atoms with Crippen LogP contribution >= 0.6 is 23.1 Å². The van der Waals surface area contributed by atoms with Crippen molar-refractivity contribution < 1.29 is 5.11 Å². The van der Waals surface area contributed by atoms with Gasteiger partial charge in [-0.3, -0.25) is 0 Å². The molecular weight excluding hydrogens is 226 g/mol. The lowest BCUT2D eigenvalue weighted by Gasteiger charge is -2.16. The van der Waals surface area contributed by atoms with Crippen molar-refractivity contribution in [1.82, 2.24) is 5.32 Å². The summed E-state index contributed by atoms with van der Waals surface area (Å²) in [6.45, 7) is 3.47. The zero-order valence-corrected chi connectivity index (χ0v) is 10.7. The highest BCUT2D eigenvalue weighted by atomic mass is 32.2. The molecule has 86 valence electrons. The molecule has 2 N–H and O–H groups in total. The first kappa shape index (κ1) is 13.0. The molecule has 1 aromatic rings. The second kappa shape index (κ2) is 8.16. The van der Waals surface area contributed by atoms with Crippen molar-refractivity contribution in [2.45, 2.75) is 30.0 Å². The Labute approximate surface area is 100 Å². The summed E-state index contributed by atoms with van der Waals surface area (Å²) in [5.41, 5.74) is 0. The molecular formula is C11H19NOS2. The lowest BCUT2D eigenvalue weighted by molar-refractivity contribution is 0.270. The number of hydrogen-bond donors (Lipinski definition) is 2. The smallest absolute Gasteiger partial charge is 0.0599 e. The van der Waals surface area contributed by atoms with Gasteiger partial charge in [0.05, 0.1) is 4.21 Å². The van der Waals surface area contributed by atoms with E-state index >= 15 is 0 Å². The summed E-state index contributed by atoms with van der Waals surface area (Å²) in [4.78, 5) is 0. The Hall–Kier alpha value is -0.0300. The Morgan fingerprint density at radius 1 is 1.60 bits per heavy atom. The van der Waals surface area contributed by atoms with Crippen molar-refractivity contribution in [2.75, 3.05) is 18.9 Å². The Bertz CT molecular complexity index is 239. The molecule has 2 nitrogen and oxygen atoms in total. The van der Waals surface area contributed by atoms with Crippen molar-refractivity contribution in [3.8, 4) is 0 Å². The van der Waals surface area contributed by atoms with E-state index < -0.39 is 0 Å². The fraction of sp³-hybridized carbons (Fsp3) is 0.636. The van der Waals surface area contributed by atoms with Gasteiger partial charge in [-0.1, -0.05) is 13.0 Å². The SMILES string of the molecule is CCCNC(CCO)CSc1cccs1. The van der Waals surface area contributed by atoms with Gasteiger partial charge in [0, 0.05) is 18.4 Å². The minimum Gasteiger partial charge on any atom is -0.396 e. The lowest BCUT2D eigenvalue weighted by Crippen LogP contribution is -2.32. The average Bonchev–Trinajstić information content (AvgIpc) is 2.75. The Morgan fingerprint density at radius 2 is 2.47 bits per heavy atom. The molecule has 0 aliphatic heterocycles. The molecule has 15 heavy (non-hydrogen) atoms. The summed E-state index contributed by atoms with van der Waals surface area (Å²) in [5, 5.41) is 14.5. The zero-order chi connectivity index (χ0) is 10.9. The number of hydrogen-bond acceptors (Lipinski definition) is 4. The van der Waals surface area contributed by atoms with E-state index in [4.69, 9.17) is 5.11 Å². The fourth-order valence-electron chi connectivity index (χ4n) is 1.28. The van der Waals surface area contributed by atoms with Gasteiger partial charge in [0.15, 0.2) is 0 Å². The maximum absolute atomic E-state index is 8.95. The highest BCUT2D eigenvalue weighted by Crippen LogP contribution is 2.24. The maximum atomic E-state index is 8.95. The van der Waals surface area contributed by atoms with Crippen LogP contribution in [0.5, 0.6) is 0 Å². The van der Waals surface area contributed by atoms with Crippen LogP contribution in [0.25, 0.3) is 0 Å². The first-order chi connectivity index (χ1) is 7.36. The number of aliphatic hydroxyl groups is 1. The predicted molar refractivity (Wildman–Crippen MR) is 68.8 cm³/mol. The van der Waals surface area contributed by atoms with Crippen LogP contribution in [0.3, 0.4) is 0 Å². The molecule has 0 aliphatic rings. The van der Waals surface area contributed by atoms with Crippen LogP contribution in [0.15, 0.2) is 21.7 Å². The normalized spacial score (nSPS) is 12.9. The summed E-state index contributed by atoms with van der Waals surface area (Å²) in [6, 6.07) is 4.65. The molecule has 1 aromatic heterocycles. The van der Waals surface area contributed by atoms with Crippen molar-refractivity contribution in [1.29, 1.82) is 0 Å². The largest absolute Gasteiger partial charge is 0.396 e. The van der Waals surface area contributed by atoms with E-state index in [2.05, 4.69) is 29.8 Å². The quantitative estimate of drug-likeness (QED) is 0.691. The number of nitrogens with one attached hydrogen (secondary N) is 1. The maximum Gasteiger partial charge on any atom is 0.0599 e. The van der Waals surface area contributed by atoms with E-state index in [0.717, 1.165) is 25.1 Å². The van der Waals surface area contributed by atoms with E-state index in [-0.39, 0.29) is 6.61 Å². The Morgan fingerprint density at radius 3 is 3.07 bits per heavy atom. The van der Waals surface area contributed by atoms with Crippen LogP contribution in [-0.4, -0.2) is 30.1 Å². The van der Waals surface area contributed by atoms with Gasteiger partial charge in [0.1, 0.15) is 0 Å². The molecule has 0 aliphatic carbocycles. The van der Waals surface area contributed by atoms with E-state index in [1.54, 1.807) is 11.3 Å². The number of thioether (sulfide) groups is 1. The number of rotatable bonds is 8. The van der Waals surface area contributed by atoms with Crippen LogP contribution < -0.4 is 5.32 Å². The van der Waals surface area contributed by atoms with Gasteiger partial charge in [0.25, 0.3) is 0 Å². The molecule has 0 saturated carbocycles. The van der Waals surface area contributed by atoms with Crippen molar-refractivity contribution in [3.63, 3.8) is 0 Å². The van der Waals surface area contributed by atoms with E-state index in [9.17, 15) is 0 Å². The lowest BCUT2D eigenvalue weighted by atomic mass is 10.2. The third kappa shape index (κ3) is 5.56. The molecule has 0 radical (unpaired) electrons. The average molecular weight is 245 g/mol. The van der Waals surface area contributed by atoms with Crippen molar-refractivity contribution >= 4 is 23.1 Å². The number of aliphatic hydroxyl groups excluding tert-OH is 1. The van der Waals surface area contributed by atoms with Gasteiger partial charge >= 0.3 is 0 Å². The molecule has 4 heteroatoms. The van der Waals surface area contributed by atoms with E-state index in [1.807, 2.05) is 11.8 Å². The third-order valence-electron chi connectivity index (χ3n) is 2.08. The minimum absolute atomic E-state index is 0.270. The molecule has 0 fully saturated rings. The summed E-state index contributed by atoms with van der Waals surface area (Å²) in [6.07, 6.45) is 1.99. The summed E-state index contributed by atoms with van der Waals surface area (Å²) in [5.74, 6) is 1.04. The van der Waals surface area contributed by atoms with Crippen molar-refractivity contribution in [3.05, 3.63) is 17.5 Å². The predicted octanol–water partition coefficient (Wildman–Crippen LogP) is 2.59. The van der Waals surface area contributed by atoms with Gasteiger partial charge in [-0.25, -0.2) is 0 Å². The summed E-state index contributed by atoms with van der Waals surface area (Å²) in [7, 11) is 0. The molecule has 1 rings (SSSR count). The fourth-order valence-corrected chi connectivity index (χ4v) is 3.19. The zero-order valence-electron chi connectivity index (χ0n) is 9.11. The highest BCUT2D eigenvalue weighted by molar-refractivity contribution is 8.01. The molecule has 0 amide bonds. The van der Waals surface area contributed by atoms with Gasteiger partial charge < -0.3 is 10.4 Å². The third-order valence-corrected chi connectivity index (χ3v) is 4.38. The van der Waals surface area contributed by atoms with Gasteiger partial charge in [0.2, 0.25) is 0 Å². The topological polar surface area (TPSA) is 32.3 Å². The second-order valence-corrected chi connectivity index (χ2v) is 5.67. The van der Waals surface area contributed by atoms with Crippen molar-refractivity contribution in [2.24, 2.45) is 0 Å². The first-order valence-corrected chi connectivity index (χ1v) is 7.24. The van der Waals surface area contributed by atoms with Crippen LogP contribution in [0, 0.1) is 0 Å². The van der Waals surface area contributed by atoms with E-state index in [0.29, 0.717) is 6.04 Å². The van der Waals surface area contributed by atoms with E-state index in [1.165, 1.54) is 4.21 Å². The first-order valence-electron chi connectivity index (χ1n) is 5.37. The molecule has 1 unspecified atom stereocenters. The number of thiophene rings is 1. The molecule has 0 spiro atoms. The van der Waals surface area contributed by atoms with Crippen LogP contribution in [0.4, 0.5) is 0 Å². The Kier molecular flexibility index (Phi) is 7.09. The molecule has 1 heterocycles. The monoisotopic (exact) mass is 245 g/mol. The minimum atomic E-state index is 0.270. The van der Waals surface area contributed by atoms with Crippen LogP contribution in [0.2, 0.25) is 0 Å². The Balaban J connectivity index is 2.24. The molecule has 1 atom stereocenters. The molecule has 0 bridgehead atoms. The van der Waals surface area contributed by atoms with Crippen LogP contribution in [0.1, 0.15) is 19.8 Å². The summed E-state index contributed by atoms with van der Waals surface area (Å²) >= 11 is 3.65. The molecule has 0 saturated heterocycles. The van der Waals surface area contributed by atoms with Gasteiger partial charge in [-0.15, -0.1) is 23.1 Å². The second-order valence-electron chi connectivity index (χ2n) is 3.41. The standard InChI is InChI=1S/C11H19NOS2/c1-2-6-12-10(5-7-13)9-15-11-4-3-8-14-11/h3-4,8,10,12-13H,2,5-7,9H2,1H3. The summed E-state index contributed by atoms with van der Waals surface area (Å²) < 4.78 is 1.36. The molecule has 0 aromatic carbocycles. The van der Waals surface area contributed by atoms with Gasteiger partial charge in [-0.05, 0) is 30.8 Å². The van der Waals surface area contributed by atoms with Crippen LogP contribution in [-0.2, 0) is 0 Å². The highest BCUT2D eigenvalue weighted by Gasteiger charge is 2.07. The van der Waals surface area contributed by atoms with Gasteiger partial charge in [-0.2, -0.15) is 0 Å².